The van der Waals surface area contributed by atoms with E-state index in [-0.39, 0.29) is 35.0 Å². The average Bonchev–Trinajstić information content (AvgIpc) is 3.44. The molecule has 212 valence electrons. The standard InChI is InChI=1S/C29H33F2N5O4/c1-17(22-6-4-5-12-32-22)33-28(38)20-16-36(25-7-2-3-8-26(25)37)13-11-23(20)34-29(39)24-15-27(40-35-24)19-10-9-18(30)14-21(19)31/h4-6,9-10,12,14-15,17,20,23,25-26,37H,2-3,7-8,11,13,16H2,1H3,(H,33,38)(H,34,39)/t17-,20+,23+,25-,26+/m0/s1. The molecule has 5 atom stereocenters. The predicted molar refractivity (Wildman–Crippen MR) is 142 cm³/mol. The lowest BCUT2D eigenvalue weighted by Gasteiger charge is -2.44. The summed E-state index contributed by atoms with van der Waals surface area (Å²) in [6, 6.07) is 8.93. The van der Waals surface area contributed by atoms with Crippen LogP contribution in [-0.4, -0.2) is 63.2 Å². The third-order valence-corrected chi connectivity index (χ3v) is 7.89. The summed E-state index contributed by atoms with van der Waals surface area (Å²) in [6.07, 6.45) is 5.31. The number of carbonyl (C=O) groups is 2. The Morgan fingerprint density at radius 2 is 1.95 bits per heavy atom. The highest BCUT2D eigenvalue weighted by Gasteiger charge is 2.40. The van der Waals surface area contributed by atoms with Crippen molar-refractivity contribution >= 4 is 11.8 Å². The molecule has 1 aromatic carbocycles. The van der Waals surface area contributed by atoms with E-state index in [1.165, 1.54) is 12.1 Å². The molecule has 2 fully saturated rings. The topological polar surface area (TPSA) is 121 Å². The number of hydrogen-bond acceptors (Lipinski definition) is 7. The minimum absolute atomic E-state index is 0.0118. The van der Waals surface area contributed by atoms with Crippen molar-refractivity contribution in [2.45, 2.75) is 63.3 Å². The van der Waals surface area contributed by atoms with Crippen molar-refractivity contribution in [3.63, 3.8) is 0 Å². The second kappa shape index (κ2) is 12.2. The molecule has 1 saturated carbocycles. The molecule has 3 heterocycles. The fourth-order valence-electron chi connectivity index (χ4n) is 5.70. The number of aliphatic hydroxyl groups is 1. The van der Waals surface area contributed by atoms with Gasteiger partial charge in [0.1, 0.15) is 11.6 Å². The van der Waals surface area contributed by atoms with Gasteiger partial charge in [0.15, 0.2) is 11.5 Å². The maximum absolute atomic E-state index is 14.2. The number of pyridine rings is 1. The van der Waals surface area contributed by atoms with Gasteiger partial charge < -0.3 is 20.3 Å². The first-order valence-electron chi connectivity index (χ1n) is 13.7. The maximum atomic E-state index is 14.2. The number of halogens is 2. The van der Waals surface area contributed by atoms with Gasteiger partial charge >= 0.3 is 0 Å². The van der Waals surface area contributed by atoms with E-state index in [9.17, 15) is 23.5 Å². The molecule has 0 bridgehead atoms. The molecule has 2 aliphatic rings. The van der Waals surface area contributed by atoms with Crippen molar-refractivity contribution in [3.8, 4) is 11.3 Å². The summed E-state index contributed by atoms with van der Waals surface area (Å²) >= 11 is 0. The minimum Gasteiger partial charge on any atom is -0.391 e. The number of nitrogens with one attached hydrogen (secondary N) is 2. The molecule has 11 heteroatoms. The monoisotopic (exact) mass is 553 g/mol. The Morgan fingerprint density at radius 1 is 1.12 bits per heavy atom. The normalized spacial score (nSPS) is 24.3. The fraction of sp³-hybridized carbons (Fsp3) is 0.448. The molecule has 5 rings (SSSR count). The average molecular weight is 554 g/mol. The van der Waals surface area contributed by atoms with E-state index in [0.29, 0.717) is 19.5 Å². The van der Waals surface area contributed by atoms with Crippen LogP contribution in [0.5, 0.6) is 0 Å². The van der Waals surface area contributed by atoms with E-state index in [1.54, 1.807) is 12.3 Å². The van der Waals surface area contributed by atoms with Gasteiger partial charge in [0.2, 0.25) is 5.91 Å². The lowest BCUT2D eigenvalue weighted by molar-refractivity contribution is -0.129. The van der Waals surface area contributed by atoms with E-state index >= 15 is 0 Å². The van der Waals surface area contributed by atoms with Gasteiger partial charge in [0, 0.05) is 43.5 Å². The van der Waals surface area contributed by atoms with Crippen LogP contribution in [0.4, 0.5) is 8.78 Å². The van der Waals surface area contributed by atoms with Crippen LogP contribution in [0.3, 0.4) is 0 Å². The van der Waals surface area contributed by atoms with Crippen LogP contribution in [0.15, 0.2) is 53.2 Å². The molecule has 0 spiro atoms. The Labute approximate surface area is 231 Å². The maximum Gasteiger partial charge on any atom is 0.273 e. The first-order chi connectivity index (χ1) is 19.3. The molecule has 2 aromatic heterocycles. The SMILES string of the molecule is C[C@H](NC(=O)[C@@H]1CN([C@H]2CCCC[C@H]2O)CC[C@H]1NC(=O)c1cc(-c2ccc(F)cc2F)on1)c1ccccn1. The largest absolute Gasteiger partial charge is 0.391 e. The number of amides is 2. The molecule has 0 unspecified atom stereocenters. The molecule has 3 aromatic rings. The summed E-state index contributed by atoms with van der Waals surface area (Å²) in [5.41, 5.74) is 0.618. The first kappa shape index (κ1) is 27.9. The number of hydrogen-bond donors (Lipinski definition) is 3. The minimum atomic E-state index is -0.834. The third-order valence-electron chi connectivity index (χ3n) is 7.89. The van der Waals surface area contributed by atoms with Crippen LogP contribution in [0.2, 0.25) is 0 Å². The van der Waals surface area contributed by atoms with Crippen LogP contribution in [0.1, 0.15) is 61.3 Å². The van der Waals surface area contributed by atoms with Crippen LogP contribution >= 0.6 is 0 Å². The zero-order chi connectivity index (χ0) is 28.2. The lowest BCUT2D eigenvalue weighted by Crippen LogP contribution is -2.59. The Balaban J connectivity index is 1.32. The molecule has 1 saturated heterocycles. The molecule has 40 heavy (non-hydrogen) atoms. The number of aliphatic hydroxyl groups excluding tert-OH is 1. The summed E-state index contributed by atoms with van der Waals surface area (Å²) in [5, 5.41) is 20.4. The van der Waals surface area contributed by atoms with E-state index in [1.807, 2.05) is 19.1 Å². The summed E-state index contributed by atoms with van der Waals surface area (Å²) in [6.45, 7) is 2.83. The second-order valence-electron chi connectivity index (χ2n) is 10.6. The van der Waals surface area contributed by atoms with Crippen LogP contribution in [0, 0.1) is 17.6 Å². The van der Waals surface area contributed by atoms with E-state index in [4.69, 9.17) is 4.52 Å². The van der Waals surface area contributed by atoms with E-state index in [2.05, 4.69) is 25.7 Å². The van der Waals surface area contributed by atoms with Gasteiger partial charge in [-0.05, 0) is 50.5 Å². The molecule has 1 aliphatic heterocycles. The Hall–Kier alpha value is -3.70. The summed E-state index contributed by atoms with van der Waals surface area (Å²) in [7, 11) is 0. The van der Waals surface area contributed by atoms with Crippen LogP contribution < -0.4 is 10.6 Å². The number of carbonyl (C=O) groups excluding carboxylic acids is 2. The smallest absolute Gasteiger partial charge is 0.273 e. The number of piperidine rings is 1. The molecule has 3 N–H and O–H groups in total. The highest BCUT2D eigenvalue weighted by atomic mass is 19.1. The number of likely N-dealkylation sites (tertiary alicyclic amines) is 1. The lowest BCUT2D eigenvalue weighted by atomic mass is 9.85. The number of nitrogens with zero attached hydrogens (tertiary/aromatic N) is 3. The highest BCUT2D eigenvalue weighted by molar-refractivity contribution is 5.94. The van der Waals surface area contributed by atoms with Gasteiger partial charge in [0.05, 0.1) is 29.3 Å². The highest BCUT2D eigenvalue weighted by Crippen LogP contribution is 2.29. The zero-order valence-corrected chi connectivity index (χ0v) is 22.2. The third kappa shape index (κ3) is 6.20. The van der Waals surface area contributed by atoms with E-state index < -0.39 is 35.6 Å². The van der Waals surface area contributed by atoms with Crippen molar-refractivity contribution in [2.24, 2.45) is 5.92 Å². The zero-order valence-electron chi connectivity index (χ0n) is 22.2. The second-order valence-corrected chi connectivity index (χ2v) is 10.6. The van der Waals surface area contributed by atoms with Gasteiger partial charge in [-0.15, -0.1) is 0 Å². The van der Waals surface area contributed by atoms with E-state index in [0.717, 1.165) is 43.5 Å². The van der Waals surface area contributed by atoms with Crippen LogP contribution in [-0.2, 0) is 4.79 Å². The van der Waals surface area contributed by atoms with Gasteiger partial charge in [-0.1, -0.05) is 24.1 Å². The predicted octanol–water partition coefficient (Wildman–Crippen LogP) is 3.62. The van der Waals surface area contributed by atoms with Crippen LogP contribution in [0.25, 0.3) is 11.3 Å². The van der Waals surface area contributed by atoms with Gasteiger partial charge in [-0.3, -0.25) is 19.5 Å². The van der Waals surface area contributed by atoms with Crippen molar-refractivity contribution in [1.82, 2.24) is 25.7 Å². The number of rotatable bonds is 7. The summed E-state index contributed by atoms with van der Waals surface area (Å²) in [5.74, 6) is -2.97. The Morgan fingerprint density at radius 3 is 2.70 bits per heavy atom. The molecule has 0 radical (unpaired) electrons. The van der Waals surface area contributed by atoms with Crippen molar-refractivity contribution in [2.75, 3.05) is 13.1 Å². The summed E-state index contributed by atoms with van der Waals surface area (Å²) < 4.78 is 32.7. The van der Waals surface area contributed by atoms with Crippen molar-refractivity contribution in [1.29, 1.82) is 0 Å². The molecular formula is C29H33F2N5O4. The molecule has 9 nitrogen and oxygen atoms in total. The van der Waals surface area contributed by atoms with Gasteiger partial charge in [-0.2, -0.15) is 0 Å². The summed E-state index contributed by atoms with van der Waals surface area (Å²) in [4.78, 5) is 33.2. The number of aromatic nitrogens is 2. The van der Waals surface area contributed by atoms with Crippen molar-refractivity contribution < 1.29 is 28.0 Å². The molecule has 2 amide bonds. The first-order valence-corrected chi connectivity index (χ1v) is 13.7. The van der Waals surface area contributed by atoms with Gasteiger partial charge in [-0.25, -0.2) is 8.78 Å². The fourth-order valence-corrected chi connectivity index (χ4v) is 5.70. The van der Waals surface area contributed by atoms with Crippen molar-refractivity contribution in [3.05, 3.63) is 71.7 Å². The Bertz CT molecular complexity index is 1340. The van der Waals surface area contributed by atoms with Gasteiger partial charge in [0.25, 0.3) is 5.91 Å². The molecule has 1 aliphatic carbocycles. The quantitative estimate of drug-likeness (QED) is 0.409. The number of benzene rings is 1. The molecular weight excluding hydrogens is 520 g/mol. The Kier molecular flexibility index (Phi) is 8.51.